The number of benzene rings is 1. The van der Waals surface area contributed by atoms with E-state index >= 15 is 0 Å². The fourth-order valence-corrected chi connectivity index (χ4v) is 5.65. The lowest BCUT2D eigenvalue weighted by Crippen LogP contribution is -2.38. The van der Waals surface area contributed by atoms with E-state index in [9.17, 15) is 8.42 Å². The van der Waals surface area contributed by atoms with Crippen molar-refractivity contribution in [1.29, 1.82) is 0 Å². The molecule has 3 heterocycles. The Hall–Kier alpha value is -1.70. The molecule has 5 nitrogen and oxygen atoms in total. The topological polar surface area (TPSA) is 55.2 Å². The van der Waals surface area contributed by atoms with E-state index in [1.54, 1.807) is 6.07 Å². The largest absolute Gasteiger partial charge is 0.326 e. The third kappa shape index (κ3) is 2.08. The van der Waals surface area contributed by atoms with E-state index in [1.165, 1.54) is 15.6 Å². The van der Waals surface area contributed by atoms with Crippen LogP contribution in [0.15, 0.2) is 40.6 Å². The smallest absolute Gasteiger partial charge is 0.253 e. The molecule has 0 fully saturated rings. The molecule has 0 unspecified atom stereocenters. The molecule has 1 aliphatic rings. The van der Waals surface area contributed by atoms with Gasteiger partial charge in [-0.15, -0.1) is 11.3 Å². The van der Waals surface area contributed by atoms with Gasteiger partial charge in [-0.05, 0) is 31.2 Å². The first-order chi connectivity index (χ1) is 10.6. The first-order valence-electron chi connectivity index (χ1n) is 7.06. The molecule has 2 aromatic heterocycles. The molecule has 4 rings (SSSR count). The van der Waals surface area contributed by atoms with Gasteiger partial charge in [-0.25, -0.2) is 13.4 Å². The summed E-state index contributed by atoms with van der Waals surface area (Å²) in [6, 6.07) is 11.4. The summed E-state index contributed by atoms with van der Waals surface area (Å²) in [4.78, 5) is 5.58. The Labute approximate surface area is 132 Å². The van der Waals surface area contributed by atoms with Crippen molar-refractivity contribution in [1.82, 2.24) is 13.9 Å². The lowest BCUT2D eigenvalue weighted by atomic mass is 10.3. The number of para-hydroxylation sites is 2. The quantitative estimate of drug-likeness (QED) is 0.724. The third-order valence-corrected chi connectivity index (χ3v) is 7.25. The second kappa shape index (κ2) is 4.91. The average molecular weight is 333 g/mol. The van der Waals surface area contributed by atoms with Crippen LogP contribution in [0.5, 0.6) is 0 Å². The van der Waals surface area contributed by atoms with Gasteiger partial charge in [0, 0.05) is 18.0 Å². The summed E-state index contributed by atoms with van der Waals surface area (Å²) in [5.41, 5.74) is 1.99. The van der Waals surface area contributed by atoms with Crippen molar-refractivity contribution in [3.8, 4) is 0 Å². The van der Waals surface area contributed by atoms with E-state index in [1.807, 2.05) is 37.3 Å². The molecule has 3 aromatic rings. The number of rotatable bonds is 2. The van der Waals surface area contributed by atoms with Gasteiger partial charge in [0.1, 0.15) is 10.0 Å². The Bertz CT molecular complexity index is 956. The number of fused-ring (bicyclic) bond motifs is 3. The third-order valence-electron chi connectivity index (χ3n) is 3.93. The van der Waals surface area contributed by atoms with Gasteiger partial charge in [-0.1, -0.05) is 12.1 Å². The normalized spacial score (nSPS) is 16.0. The fraction of sp³-hybridized carbons (Fsp3) is 0.267. The highest BCUT2D eigenvalue weighted by Crippen LogP contribution is 2.28. The van der Waals surface area contributed by atoms with Gasteiger partial charge in [-0.2, -0.15) is 4.31 Å². The maximum atomic E-state index is 12.7. The Morgan fingerprint density at radius 1 is 1.14 bits per heavy atom. The van der Waals surface area contributed by atoms with Gasteiger partial charge in [-0.3, -0.25) is 0 Å². The molecular weight excluding hydrogens is 318 g/mol. The SMILES string of the molecule is Cc1ccc(S(=O)(=O)N2CCn3c(nc4ccccc43)C2)s1. The molecule has 7 heteroatoms. The number of aromatic nitrogens is 2. The molecule has 0 saturated carbocycles. The number of nitrogens with zero attached hydrogens (tertiary/aromatic N) is 3. The van der Waals surface area contributed by atoms with E-state index < -0.39 is 10.0 Å². The molecule has 114 valence electrons. The van der Waals surface area contributed by atoms with E-state index in [4.69, 9.17) is 0 Å². The summed E-state index contributed by atoms with van der Waals surface area (Å²) in [6.07, 6.45) is 0. The molecule has 0 aliphatic carbocycles. The summed E-state index contributed by atoms with van der Waals surface area (Å²) < 4.78 is 29.5. The van der Waals surface area contributed by atoms with E-state index in [-0.39, 0.29) is 0 Å². The predicted molar refractivity (Wildman–Crippen MR) is 86.4 cm³/mol. The van der Waals surface area contributed by atoms with Crippen LogP contribution in [0.3, 0.4) is 0 Å². The monoisotopic (exact) mass is 333 g/mol. The molecule has 0 spiro atoms. The average Bonchev–Trinajstić information content (AvgIpc) is 3.10. The second-order valence-corrected chi connectivity index (χ2v) is 8.82. The van der Waals surface area contributed by atoms with Crippen molar-refractivity contribution < 1.29 is 8.42 Å². The van der Waals surface area contributed by atoms with Gasteiger partial charge in [0.15, 0.2) is 0 Å². The molecular formula is C15H15N3O2S2. The molecule has 0 radical (unpaired) electrons. The van der Waals surface area contributed by atoms with E-state index in [0.717, 1.165) is 21.7 Å². The zero-order valence-corrected chi connectivity index (χ0v) is 13.7. The molecule has 22 heavy (non-hydrogen) atoms. The van der Waals surface area contributed by atoms with Crippen molar-refractivity contribution >= 4 is 32.4 Å². The van der Waals surface area contributed by atoms with Crippen molar-refractivity contribution in [3.05, 3.63) is 47.1 Å². The minimum absolute atomic E-state index is 0.327. The number of thiophene rings is 1. The Balaban J connectivity index is 1.72. The number of aryl methyl sites for hydroxylation is 1. The van der Waals surface area contributed by atoms with E-state index in [0.29, 0.717) is 23.8 Å². The summed E-state index contributed by atoms with van der Waals surface area (Å²) >= 11 is 1.32. The molecule has 0 atom stereocenters. The van der Waals surface area contributed by atoms with Crippen molar-refractivity contribution in [2.75, 3.05) is 6.54 Å². The van der Waals surface area contributed by atoms with E-state index in [2.05, 4.69) is 9.55 Å². The summed E-state index contributed by atoms with van der Waals surface area (Å²) in [5.74, 6) is 0.810. The maximum Gasteiger partial charge on any atom is 0.253 e. The van der Waals surface area contributed by atoms with Gasteiger partial charge in [0.05, 0.1) is 17.6 Å². The molecule has 0 saturated heterocycles. The van der Waals surface area contributed by atoms with Crippen LogP contribution in [0.4, 0.5) is 0 Å². The molecule has 0 amide bonds. The molecule has 0 N–H and O–H groups in total. The van der Waals surface area contributed by atoms with Gasteiger partial charge < -0.3 is 4.57 Å². The second-order valence-electron chi connectivity index (χ2n) is 5.37. The van der Waals surface area contributed by atoms with Crippen LogP contribution in [0.1, 0.15) is 10.7 Å². The highest BCUT2D eigenvalue weighted by atomic mass is 32.2. The van der Waals surface area contributed by atoms with Crippen LogP contribution in [-0.2, 0) is 23.1 Å². The van der Waals surface area contributed by atoms with Crippen LogP contribution >= 0.6 is 11.3 Å². The number of hydrogen-bond donors (Lipinski definition) is 0. The van der Waals surface area contributed by atoms with Crippen molar-refractivity contribution in [2.24, 2.45) is 0 Å². The lowest BCUT2D eigenvalue weighted by Gasteiger charge is -2.26. The zero-order chi connectivity index (χ0) is 15.3. The Kier molecular flexibility index (Phi) is 3.11. The zero-order valence-electron chi connectivity index (χ0n) is 12.1. The highest BCUT2D eigenvalue weighted by molar-refractivity contribution is 7.91. The number of sulfonamides is 1. The summed E-state index contributed by atoms with van der Waals surface area (Å²) in [5, 5.41) is 0. The number of imidazole rings is 1. The standard InChI is InChI=1S/C15H15N3O2S2/c1-11-6-7-15(21-11)22(19,20)17-8-9-18-13-5-3-2-4-12(13)16-14(18)10-17/h2-7H,8-10H2,1H3. The lowest BCUT2D eigenvalue weighted by molar-refractivity contribution is 0.340. The van der Waals surface area contributed by atoms with Crippen LogP contribution in [0, 0.1) is 6.92 Å². The van der Waals surface area contributed by atoms with Gasteiger partial charge in [0.2, 0.25) is 0 Å². The first kappa shape index (κ1) is 13.9. The maximum absolute atomic E-state index is 12.7. The Morgan fingerprint density at radius 2 is 1.95 bits per heavy atom. The summed E-state index contributed by atoms with van der Waals surface area (Å²) in [6.45, 7) is 3.36. The molecule has 1 aliphatic heterocycles. The summed E-state index contributed by atoms with van der Waals surface area (Å²) in [7, 11) is -3.42. The Morgan fingerprint density at radius 3 is 2.73 bits per heavy atom. The van der Waals surface area contributed by atoms with Crippen LogP contribution in [-0.4, -0.2) is 28.8 Å². The van der Waals surface area contributed by atoms with Gasteiger partial charge in [0.25, 0.3) is 10.0 Å². The number of hydrogen-bond acceptors (Lipinski definition) is 4. The molecule has 1 aromatic carbocycles. The van der Waals surface area contributed by atoms with Crippen molar-refractivity contribution in [3.63, 3.8) is 0 Å². The van der Waals surface area contributed by atoms with Crippen molar-refractivity contribution in [2.45, 2.75) is 24.2 Å². The van der Waals surface area contributed by atoms with Crippen LogP contribution < -0.4 is 0 Å². The highest BCUT2D eigenvalue weighted by Gasteiger charge is 2.30. The van der Waals surface area contributed by atoms with Crippen LogP contribution in [0.25, 0.3) is 11.0 Å². The minimum atomic E-state index is -3.42. The first-order valence-corrected chi connectivity index (χ1v) is 9.32. The predicted octanol–water partition coefficient (Wildman–Crippen LogP) is 2.61. The molecule has 0 bridgehead atoms. The van der Waals surface area contributed by atoms with Gasteiger partial charge >= 0.3 is 0 Å². The minimum Gasteiger partial charge on any atom is -0.326 e. The van der Waals surface area contributed by atoms with Crippen LogP contribution in [0.2, 0.25) is 0 Å². The fourth-order valence-electron chi connectivity index (χ4n) is 2.83.